The van der Waals surface area contributed by atoms with E-state index in [9.17, 15) is 4.79 Å². The van der Waals surface area contributed by atoms with Crippen LogP contribution < -0.4 is 9.64 Å². The lowest BCUT2D eigenvalue weighted by Gasteiger charge is -2.29. The Kier molecular flexibility index (Phi) is 4.63. The summed E-state index contributed by atoms with van der Waals surface area (Å²) in [6.45, 7) is 4.51. The normalized spacial score (nSPS) is 13.6. The quantitative estimate of drug-likeness (QED) is 0.698. The Morgan fingerprint density at radius 2 is 1.96 bits per heavy atom. The molecule has 0 aliphatic carbocycles. The van der Waals surface area contributed by atoms with Gasteiger partial charge in [0.1, 0.15) is 11.6 Å². The molecule has 0 fully saturated rings. The molecule has 1 amide bonds. The summed E-state index contributed by atoms with van der Waals surface area (Å²) in [6.07, 6.45) is 1.23. The van der Waals surface area contributed by atoms with Gasteiger partial charge in [-0.15, -0.1) is 0 Å². The Hall–Kier alpha value is -3.15. The highest BCUT2D eigenvalue weighted by molar-refractivity contribution is 5.95. The average Bonchev–Trinajstić information content (AvgIpc) is 2.95. The van der Waals surface area contributed by atoms with E-state index in [1.165, 1.54) is 0 Å². The van der Waals surface area contributed by atoms with Crippen LogP contribution in [0.2, 0.25) is 0 Å². The molecular formula is C22H24N4O2. The molecule has 0 saturated heterocycles. The van der Waals surface area contributed by atoms with Crippen molar-refractivity contribution in [2.45, 2.75) is 33.2 Å². The van der Waals surface area contributed by atoms with Crippen molar-refractivity contribution in [3.05, 3.63) is 58.9 Å². The third-order valence-electron chi connectivity index (χ3n) is 5.46. The highest BCUT2D eigenvalue weighted by atomic mass is 16.5. The number of aromatic nitrogens is 3. The standard InChI is InChI=1S/C22H24N4O2/c1-14-19(15(2)25(3)24-14)13-26-21(27)11-9-16-8-10-20(23-22(16)26)17-6-5-7-18(12-17)28-4/h5-8,10,12H,9,11,13H2,1-4H3. The Morgan fingerprint density at radius 3 is 2.68 bits per heavy atom. The summed E-state index contributed by atoms with van der Waals surface area (Å²) < 4.78 is 7.19. The van der Waals surface area contributed by atoms with Crippen molar-refractivity contribution in [1.29, 1.82) is 0 Å². The zero-order chi connectivity index (χ0) is 19.8. The first-order chi connectivity index (χ1) is 13.5. The van der Waals surface area contributed by atoms with Gasteiger partial charge in [-0.25, -0.2) is 4.98 Å². The topological polar surface area (TPSA) is 60.2 Å². The maximum Gasteiger partial charge on any atom is 0.228 e. The Morgan fingerprint density at radius 1 is 1.14 bits per heavy atom. The molecule has 0 spiro atoms. The lowest BCUT2D eigenvalue weighted by molar-refractivity contribution is -0.119. The molecule has 1 aromatic carbocycles. The van der Waals surface area contributed by atoms with Gasteiger partial charge in [0.05, 0.1) is 25.0 Å². The zero-order valence-corrected chi connectivity index (χ0v) is 16.7. The third-order valence-corrected chi connectivity index (χ3v) is 5.46. The Balaban J connectivity index is 1.75. The number of aryl methyl sites for hydroxylation is 3. The summed E-state index contributed by atoms with van der Waals surface area (Å²) in [5.41, 5.74) is 6.00. The smallest absolute Gasteiger partial charge is 0.228 e. The number of benzene rings is 1. The van der Waals surface area contributed by atoms with Crippen LogP contribution in [0.3, 0.4) is 0 Å². The molecule has 0 unspecified atom stereocenters. The second-order valence-electron chi connectivity index (χ2n) is 7.16. The fraction of sp³-hybridized carbons (Fsp3) is 0.318. The van der Waals surface area contributed by atoms with E-state index >= 15 is 0 Å². The molecule has 1 aliphatic heterocycles. The first kappa shape index (κ1) is 18.2. The van der Waals surface area contributed by atoms with Crippen LogP contribution in [0.15, 0.2) is 36.4 Å². The molecular weight excluding hydrogens is 352 g/mol. The maximum atomic E-state index is 12.8. The fourth-order valence-electron chi connectivity index (χ4n) is 3.71. The lowest BCUT2D eigenvalue weighted by atomic mass is 10.0. The highest BCUT2D eigenvalue weighted by Gasteiger charge is 2.28. The highest BCUT2D eigenvalue weighted by Crippen LogP contribution is 2.32. The number of rotatable bonds is 4. The molecule has 2 aromatic heterocycles. The van der Waals surface area contributed by atoms with Crippen LogP contribution in [-0.4, -0.2) is 27.8 Å². The van der Waals surface area contributed by atoms with Gasteiger partial charge in [-0.3, -0.25) is 14.4 Å². The van der Waals surface area contributed by atoms with Gasteiger partial charge in [-0.1, -0.05) is 18.2 Å². The molecule has 144 valence electrons. The largest absolute Gasteiger partial charge is 0.497 e. The minimum atomic E-state index is 0.102. The molecule has 3 heterocycles. The van der Waals surface area contributed by atoms with Crippen molar-refractivity contribution >= 4 is 11.7 Å². The van der Waals surface area contributed by atoms with Crippen LogP contribution in [0.1, 0.15) is 28.9 Å². The molecule has 3 aromatic rings. The van der Waals surface area contributed by atoms with Gasteiger partial charge < -0.3 is 4.74 Å². The number of nitrogens with zero attached hydrogens (tertiary/aromatic N) is 4. The lowest BCUT2D eigenvalue weighted by Crippen LogP contribution is -2.35. The van der Waals surface area contributed by atoms with Gasteiger partial charge in [0.2, 0.25) is 5.91 Å². The van der Waals surface area contributed by atoms with E-state index in [1.54, 1.807) is 12.0 Å². The second-order valence-corrected chi connectivity index (χ2v) is 7.16. The maximum absolute atomic E-state index is 12.8. The molecule has 0 bridgehead atoms. The first-order valence-electron chi connectivity index (χ1n) is 9.41. The number of methoxy groups -OCH3 is 1. The second kappa shape index (κ2) is 7.11. The third kappa shape index (κ3) is 3.15. The summed E-state index contributed by atoms with van der Waals surface area (Å²) in [7, 11) is 3.58. The Labute approximate surface area is 164 Å². The molecule has 1 aliphatic rings. The predicted octanol–water partition coefficient (Wildman–Crippen LogP) is 3.59. The van der Waals surface area contributed by atoms with Gasteiger partial charge in [0.25, 0.3) is 0 Å². The van der Waals surface area contributed by atoms with E-state index in [-0.39, 0.29) is 5.91 Å². The van der Waals surface area contributed by atoms with E-state index in [0.29, 0.717) is 13.0 Å². The van der Waals surface area contributed by atoms with Crippen LogP contribution in [0.25, 0.3) is 11.3 Å². The fourth-order valence-corrected chi connectivity index (χ4v) is 3.71. The van der Waals surface area contributed by atoms with Crippen LogP contribution >= 0.6 is 0 Å². The van der Waals surface area contributed by atoms with Crippen molar-refractivity contribution in [3.63, 3.8) is 0 Å². The molecule has 0 atom stereocenters. The summed E-state index contributed by atoms with van der Waals surface area (Å²) in [5, 5.41) is 4.49. The van der Waals surface area contributed by atoms with Gasteiger partial charge in [-0.2, -0.15) is 5.10 Å². The average molecular weight is 376 g/mol. The number of hydrogen-bond donors (Lipinski definition) is 0. The van der Waals surface area contributed by atoms with Crippen molar-refractivity contribution < 1.29 is 9.53 Å². The number of ether oxygens (including phenoxy) is 1. The van der Waals surface area contributed by atoms with Gasteiger partial charge in [0.15, 0.2) is 0 Å². The van der Waals surface area contributed by atoms with Gasteiger partial charge in [-0.05, 0) is 44.0 Å². The monoisotopic (exact) mass is 376 g/mol. The molecule has 6 nitrogen and oxygen atoms in total. The van der Waals surface area contributed by atoms with Crippen molar-refractivity contribution in [2.75, 3.05) is 12.0 Å². The molecule has 4 rings (SSSR count). The number of carbonyl (C=O) groups excluding carboxylic acids is 1. The number of anilines is 1. The van der Waals surface area contributed by atoms with E-state index in [1.807, 2.05) is 55.9 Å². The number of hydrogen-bond acceptors (Lipinski definition) is 4. The van der Waals surface area contributed by atoms with Crippen molar-refractivity contribution in [3.8, 4) is 17.0 Å². The number of fused-ring (bicyclic) bond motifs is 1. The summed E-state index contributed by atoms with van der Waals surface area (Å²) in [5.74, 6) is 1.64. The Bertz CT molecular complexity index is 1050. The van der Waals surface area contributed by atoms with Gasteiger partial charge in [0, 0.05) is 30.3 Å². The SMILES string of the molecule is COc1cccc(-c2ccc3c(n2)N(Cc2c(C)nn(C)c2C)C(=O)CC3)c1. The minimum absolute atomic E-state index is 0.102. The minimum Gasteiger partial charge on any atom is -0.497 e. The van der Waals surface area contributed by atoms with Crippen molar-refractivity contribution in [2.24, 2.45) is 7.05 Å². The molecule has 28 heavy (non-hydrogen) atoms. The van der Waals surface area contributed by atoms with E-state index in [0.717, 1.165) is 51.8 Å². The molecule has 0 N–H and O–H groups in total. The number of amides is 1. The van der Waals surface area contributed by atoms with Crippen LogP contribution in [0, 0.1) is 13.8 Å². The van der Waals surface area contributed by atoms with Gasteiger partial charge >= 0.3 is 0 Å². The van der Waals surface area contributed by atoms with Crippen LogP contribution in [-0.2, 0) is 24.8 Å². The van der Waals surface area contributed by atoms with Crippen LogP contribution in [0.5, 0.6) is 5.75 Å². The number of carbonyl (C=O) groups is 1. The summed E-state index contributed by atoms with van der Waals surface area (Å²) in [6, 6.07) is 11.9. The predicted molar refractivity (Wildman–Crippen MR) is 108 cm³/mol. The molecule has 6 heteroatoms. The summed E-state index contributed by atoms with van der Waals surface area (Å²) in [4.78, 5) is 19.5. The van der Waals surface area contributed by atoms with E-state index in [2.05, 4.69) is 11.2 Å². The zero-order valence-electron chi connectivity index (χ0n) is 16.7. The van der Waals surface area contributed by atoms with E-state index in [4.69, 9.17) is 9.72 Å². The first-order valence-corrected chi connectivity index (χ1v) is 9.41. The molecule has 0 saturated carbocycles. The van der Waals surface area contributed by atoms with Crippen molar-refractivity contribution in [1.82, 2.24) is 14.8 Å². The number of pyridine rings is 1. The summed E-state index contributed by atoms with van der Waals surface area (Å²) >= 11 is 0. The van der Waals surface area contributed by atoms with E-state index < -0.39 is 0 Å². The van der Waals surface area contributed by atoms with Crippen LogP contribution in [0.4, 0.5) is 5.82 Å². The molecule has 0 radical (unpaired) electrons.